The van der Waals surface area contributed by atoms with Crippen LogP contribution in [0.4, 0.5) is 0 Å². The van der Waals surface area contributed by atoms with Crippen molar-refractivity contribution in [3.05, 3.63) is 12.2 Å². The number of rotatable bonds is 10. The second-order valence-electron chi connectivity index (χ2n) is 3.98. The van der Waals surface area contributed by atoms with Crippen LogP contribution in [0.5, 0.6) is 0 Å². The third-order valence-corrected chi connectivity index (χ3v) is 2.96. The number of likely N-dealkylation sites (N-methyl/N-ethyl adjacent to an activating group) is 1. The van der Waals surface area contributed by atoms with E-state index in [1.165, 1.54) is 19.5 Å². The van der Waals surface area contributed by atoms with Crippen molar-refractivity contribution in [2.45, 2.75) is 27.2 Å². The van der Waals surface area contributed by atoms with E-state index in [4.69, 9.17) is 5.73 Å². The molecule has 16 heavy (non-hydrogen) atoms. The maximum absolute atomic E-state index is 5.42. The monoisotopic (exact) mass is 227 g/mol. The molecule has 0 aliphatic rings. The van der Waals surface area contributed by atoms with Crippen molar-refractivity contribution in [2.24, 2.45) is 5.73 Å². The van der Waals surface area contributed by atoms with E-state index in [-0.39, 0.29) is 0 Å². The zero-order valence-electron chi connectivity index (χ0n) is 11.3. The van der Waals surface area contributed by atoms with Gasteiger partial charge in [0, 0.05) is 13.1 Å². The van der Waals surface area contributed by atoms with Gasteiger partial charge in [-0.2, -0.15) is 0 Å². The molecular formula is C13H29N3. The molecule has 96 valence electrons. The molecule has 0 aliphatic heterocycles. The first-order valence-corrected chi connectivity index (χ1v) is 6.58. The molecule has 0 saturated heterocycles. The normalized spacial score (nSPS) is 12.1. The molecule has 0 spiro atoms. The maximum atomic E-state index is 5.42. The molecule has 0 saturated carbocycles. The van der Waals surface area contributed by atoms with Crippen LogP contribution in [0.2, 0.25) is 0 Å². The Bertz CT molecular complexity index is 165. The first-order chi connectivity index (χ1) is 7.78. The van der Waals surface area contributed by atoms with E-state index in [0.717, 1.165) is 26.2 Å². The highest BCUT2D eigenvalue weighted by molar-refractivity contribution is 4.85. The van der Waals surface area contributed by atoms with Gasteiger partial charge in [-0.15, -0.1) is 0 Å². The van der Waals surface area contributed by atoms with Crippen molar-refractivity contribution in [1.82, 2.24) is 9.80 Å². The fourth-order valence-electron chi connectivity index (χ4n) is 1.76. The first-order valence-electron chi connectivity index (χ1n) is 6.58. The van der Waals surface area contributed by atoms with Gasteiger partial charge in [-0.3, -0.25) is 4.90 Å². The van der Waals surface area contributed by atoms with E-state index >= 15 is 0 Å². The average molecular weight is 227 g/mol. The van der Waals surface area contributed by atoms with Gasteiger partial charge in [0.25, 0.3) is 0 Å². The predicted molar refractivity (Wildman–Crippen MR) is 72.7 cm³/mol. The van der Waals surface area contributed by atoms with Crippen molar-refractivity contribution in [2.75, 3.05) is 45.8 Å². The Hall–Kier alpha value is -0.380. The molecule has 0 aromatic heterocycles. The minimum Gasteiger partial charge on any atom is -0.327 e. The molecule has 0 aliphatic carbocycles. The number of hydrogen-bond donors (Lipinski definition) is 1. The molecule has 0 radical (unpaired) electrons. The second kappa shape index (κ2) is 11.1. The van der Waals surface area contributed by atoms with Gasteiger partial charge in [0.05, 0.1) is 0 Å². The standard InChI is InChI=1S/C13H29N3/c1-4-15(5-2)12-9-13-16(6-3)11-8-7-10-14/h7-8H,4-6,9-14H2,1-3H3/b8-7+. The van der Waals surface area contributed by atoms with Crippen LogP contribution in [0.15, 0.2) is 12.2 Å². The van der Waals surface area contributed by atoms with Crippen LogP contribution in [0.3, 0.4) is 0 Å². The molecule has 0 heterocycles. The van der Waals surface area contributed by atoms with Crippen LogP contribution in [-0.2, 0) is 0 Å². The fourth-order valence-corrected chi connectivity index (χ4v) is 1.76. The molecule has 3 heteroatoms. The summed E-state index contributed by atoms with van der Waals surface area (Å²) < 4.78 is 0. The number of nitrogens with zero attached hydrogens (tertiary/aromatic N) is 2. The lowest BCUT2D eigenvalue weighted by molar-refractivity contribution is 0.256. The number of nitrogens with two attached hydrogens (primary N) is 1. The highest BCUT2D eigenvalue weighted by Crippen LogP contribution is 1.95. The summed E-state index contributed by atoms with van der Waals surface area (Å²) in [5.74, 6) is 0. The van der Waals surface area contributed by atoms with E-state index in [0.29, 0.717) is 6.54 Å². The molecule has 0 bridgehead atoms. The van der Waals surface area contributed by atoms with Gasteiger partial charge in [0.15, 0.2) is 0 Å². The molecule has 0 rings (SSSR count). The lowest BCUT2D eigenvalue weighted by Crippen LogP contribution is -2.30. The molecule has 0 amide bonds. The summed E-state index contributed by atoms with van der Waals surface area (Å²) in [6.45, 7) is 14.2. The van der Waals surface area contributed by atoms with E-state index in [1.54, 1.807) is 0 Å². The van der Waals surface area contributed by atoms with E-state index in [1.807, 2.05) is 6.08 Å². The Morgan fingerprint density at radius 2 is 1.44 bits per heavy atom. The zero-order valence-corrected chi connectivity index (χ0v) is 11.3. The van der Waals surface area contributed by atoms with Crippen molar-refractivity contribution in [3.8, 4) is 0 Å². The Labute approximate surface area is 101 Å². The Morgan fingerprint density at radius 1 is 0.875 bits per heavy atom. The zero-order chi connectivity index (χ0) is 12.2. The molecular weight excluding hydrogens is 198 g/mol. The van der Waals surface area contributed by atoms with Crippen LogP contribution in [0, 0.1) is 0 Å². The van der Waals surface area contributed by atoms with Gasteiger partial charge < -0.3 is 10.6 Å². The second-order valence-corrected chi connectivity index (χ2v) is 3.98. The van der Waals surface area contributed by atoms with E-state index in [9.17, 15) is 0 Å². The molecule has 0 aromatic carbocycles. The average Bonchev–Trinajstić information content (AvgIpc) is 2.32. The molecule has 0 unspecified atom stereocenters. The Balaban J connectivity index is 3.65. The van der Waals surface area contributed by atoms with Gasteiger partial charge >= 0.3 is 0 Å². The summed E-state index contributed by atoms with van der Waals surface area (Å²) >= 11 is 0. The summed E-state index contributed by atoms with van der Waals surface area (Å²) in [5.41, 5.74) is 5.42. The van der Waals surface area contributed by atoms with Crippen LogP contribution >= 0.6 is 0 Å². The van der Waals surface area contributed by atoms with Gasteiger partial charge in [0.1, 0.15) is 0 Å². The highest BCUT2D eigenvalue weighted by atomic mass is 15.1. The van der Waals surface area contributed by atoms with Crippen LogP contribution < -0.4 is 5.73 Å². The van der Waals surface area contributed by atoms with E-state index < -0.39 is 0 Å². The molecule has 2 N–H and O–H groups in total. The summed E-state index contributed by atoms with van der Waals surface area (Å²) in [7, 11) is 0. The van der Waals surface area contributed by atoms with Crippen molar-refractivity contribution in [1.29, 1.82) is 0 Å². The van der Waals surface area contributed by atoms with Crippen molar-refractivity contribution >= 4 is 0 Å². The van der Waals surface area contributed by atoms with Crippen molar-refractivity contribution in [3.63, 3.8) is 0 Å². The van der Waals surface area contributed by atoms with Crippen LogP contribution in [0.1, 0.15) is 27.2 Å². The lowest BCUT2D eigenvalue weighted by Gasteiger charge is -2.22. The lowest BCUT2D eigenvalue weighted by atomic mass is 10.3. The summed E-state index contributed by atoms with van der Waals surface area (Å²) in [6, 6.07) is 0. The van der Waals surface area contributed by atoms with Gasteiger partial charge in [-0.1, -0.05) is 32.9 Å². The van der Waals surface area contributed by atoms with Gasteiger partial charge in [-0.25, -0.2) is 0 Å². The quantitative estimate of drug-likeness (QED) is 0.575. The van der Waals surface area contributed by atoms with Gasteiger partial charge in [-0.05, 0) is 39.1 Å². The summed E-state index contributed by atoms with van der Waals surface area (Å²) in [6.07, 6.45) is 5.46. The largest absolute Gasteiger partial charge is 0.327 e. The topological polar surface area (TPSA) is 32.5 Å². The smallest absolute Gasteiger partial charge is 0.0163 e. The molecule has 0 aromatic rings. The Kier molecular flexibility index (Phi) is 10.9. The predicted octanol–water partition coefficient (Wildman–Crippen LogP) is 1.56. The molecule has 3 nitrogen and oxygen atoms in total. The third kappa shape index (κ3) is 7.85. The summed E-state index contributed by atoms with van der Waals surface area (Å²) in [4.78, 5) is 4.93. The minimum atomic E-state index is 0.650. The fraction of sp³-hybridized carbons (Fsp3) is 0.846. The molecule has 0 fully saturated rings. The SMILES string of the molecule is CCN(CC)CCCN(CC)C/C=C/CN. The maximum Gasteiger partial charge on any atom is 0.0163 e. The highest BCUT2D eigenvalue weighted by Gasteiger charge is 2.02. The molecule has 0 atom stereocenters. The Morgan fingerprint density at radius 3 is 1.94 bits per heavy atom. The van der Waals surface area contributed by atoms with E-state index in [2.05, 4.69) is 36.6 Å². The summed E-state index contributed by atoms with van der Waals surface area (Å²) in [5, 5.41) is 0. The van der Waals surface area contributed by atoms with Crippen LogP contribution in [-0.4, -0.2) is 55.6 Å². The first kappa shape index (κ1) is 15.6. The minimum absolute atomic E-state index is 0.650. The van der Waals surface area contributed by atoms with Crippen molar-refractivity contribution < 1.29 is 0 Å². The van der Waals surface area contributed by atoms with Crippen LogP contribution in [0.25, 0.3) is 0 Å². The van der Waals surface area contributed by atoms with Gasteiger partial charge in [0.2, 0.25) is 0 Å². The third-order valence-electron chi connectivity index (χ3n) is 2.96. The number of hydrogen-bond acceptors (Lipinski definition) is 3.